The lowest BCUT2D eigenvalue weighted by Crippen LogP contribution is -2.20. The number of halogens is 3. The molecule has 2 N–H and O–H groups in total. The van der Waals surface area contributed by atoms with Gasteiger partial charge in [-0.25, -0.2) is 4.98 Å². The fourth-order valence-electron chi connectivity index (χ4n) is 2.82. The van der Waals surface area contributed by atoms with Crippen LogP contribution in [0.2, 0.25) is 0 Å². The Hall–Kier alpha value is -4.28. The van der Waals surface area contributed by atoms with Gasteiger partial charge in [0.05, 0.1) is 31.7 Å². The predicted molar refractivity (Wildman–Crippen MR) is 117 cm³/mol. The van der Waals surface area contributed by atoms with Crippen LogP contribution >= 0.6 is 0 Å². The second kappa shape index (κ2) is 10.6. The van der Waals surface area contributed by atoms with E-state index < -0.39 is 30.2 Å². The number of pyridine rings is 1. The van der Waals surface area contributed by atoms with Gasteiger partial charge in [-0.15, -0.1) is 0 Å². The molecule has 2 aromatic carbocycles. The zero-order valence-electron chi connectivity index (χ0n) is 18.1. The summed E-state index contributed by atoms with van der Waals surface area (Å²) in [6, 6.07) is 11.8. The quantitative estimate of drug-likeness (QED) is 0.502. The Balaban J connectivity index is 1.62. The number of anilines is 2. The highest BCUT2D eigenvalue weighted by molar-refractivity contribution is 6.04. The molecule has 8 nitrogen and oxygen atoms in total. The number of carbonyl (C=O) groups is 2. The van der Waals surface area contributed by atoms with Gasteiger partial charge in [-0.2, -0.15) is 13.2 Å². The summed E-state index contributed by atoms with van der Waals surface area (Å²) in [5, 5.41) is 5.02. The Labute approximate surface area is 192 Å². The number of hydrogen-bond acceptors (Lipinski definition) is 6. The van der Waals surface area contributed by atoms with Crippen LogP contribution in [0.1, 0.15) is 15.9 Å². The molecule has 1 aromatic heterocycles. The Morgan fingerprint density at radius 2 is 1.71 bits per heavy atom. The van der Waals surface area contributed by atoms with Gasteiger partial charge in [-0.1, -0.05) is 6.07 Å². The summed E-state index contributed by atoms with van der Waals surface area (Å²) in [5.41, 5.74) is -0.188. The number of carbonyl (C=O) groups excluding carboxylic acids is 2. The fraction of sp³-hybridized carbons (Fsp3) is 0.174. The molecule has 3 aromatic rings. The smallest absolute Gasteiger partial charge is 0.416 e. The van der Waals surface area contributed by atoms with Crippen LogP contribution in [0.15, 0.2) is 60.8 Å². The topological polar surface area (TPSA) is 98.8 Å². The molecule has 0 aliphatic rings. The third-order valence-electron chi connectivity index (χ3n) is 4.46. The van der Waals surface area contributed by atoms with Gasteiger partial charge < -0.3 is 24.8 Å². The molecule has 0 aliphatic heterocycles. The Morgan fingerprint density at radius 3 is 2.35 bits per heavy atom. The first-order valence-corrected chi connectivity index (χ1v) is 9.79. The number of rotatable bonds is 8. The van der Waals surface area contributed by atoms with E-state index in [1.807, 2.05) is 0 Å². The third kappa shape index (κ3) is 6.37. The van der Waals surface area contributed by atoms with E-state index in [0.29, 0.717) is 11.6 Å². The van der Waals surface area contributed by atoms with Crippen molar-refractivity contribution in [2.45, 2.75) is 6.18 Å². The first-order valence-electron chi connectivity index (χ1n) is 9.79. The molecule has 3 rings (SSSR count). The van der Waals surface area contributed by atoms with Crippen LogP contribution in [-0.2, 0) is 11.0 Å². The summed E-state index contributed by atoms with van der Waals surface area (Å²) in [7, 11) is 2.84. The van der Waals surface area contributed by atoms with Gasteiger partial charge in [-0.05, 0) is 42.5 Å². The van der Waals surface area contributed by atoms with Crippen LogP contribution in [0, 0.1) is 0 Å². The maximum absolute atomic E-state index is 12.8. The molecular weight excluding hydrogens is 455 g/mol. The van der Waals surface area contributed by atoms with Crippen molar-refractivity contribution in [3.05, 3.63) is 71.9 Å². The molecule has 178 valence electrons. The SMILES string of the molecule is COc1ccc(NC(=O)c2ccc(OCC(=O)Nc3cccc(C(F)(F)F)c3)c(OC)c2)cn1. The van der Waals surface area contributed by atoms with E-state index in [2.05, 4.69) is 15.6 Å². The Bertz CT molecular complexity index is 1170. The maximum atomic E-state index is 12.8. The van der Waals surface area contributed by atoms with Crippen LogP contribution in [-0.4, -0.2) is 37.6 Å². The average molecular weight is 475 g/mol. The monoisotopic (exact) mass is 475 g/mol. The van der Waals surface area contributed by atoms with E-state index in [4.69, 9.17) is 14.2 Å². The molecule has 2 amide bonds. The van der Waals surface area contributed by atoms with Crippen molar-refractivity contribution in [1.82, 2.24) is 4.98 Å². The summed E-state index contributed by atoms with van der Waals surface area (Å²) in [5.74, 6) is -0.343. The summed E-state index contributed by atoms with van der Waals surface area (Å²) in [4.78, 5) is 28.6. The zero-order valence-corrected chi connectivity index (χ0v) is 18.1. The molecule has 0 saturated heterocycles. The van der Waals surface area contributed by atoms with Crippen LogP contribution in [0.25, 0.3) is 0 Å². The van der Waals surface area contributed by atoms with Crippen molar-refractivity contribution in [3.63, 3.8) is 0 Å². The second-order valence-electron chi connectivity index (χ2n) is 6.82. The van der Waals surface area contributed by atoms with Gasteiger partial charge in [0.2, 0.25) is 5.88 Å². The molecule has 0 aliphatic carbocycles. The van der Waals surface area contributed by atoms with Gasteiger partial charge in [-0.3, -0.25) is 9.59 Å². The largest absolute Gasteiger partial charge is 0.493 e. The van der Waals surface area contributed by atoms with Crippen molar-refractivity contribution in [2.24, 2.45) is 0 Å². The van der Waals surface area contributed by atoms with E-state index in [0.717, 1.165) is 12.1 Å². The molecule has 0 bridgehead atoms. The molecule has 0 spiro atoms. The van der Waals surface area contributed by atoms with Gasteiger partial charge in [0.25, 0.3) is 11.8 Å². The number of methoxy groups -OCH3 is 2. The first kappa shape index (κ1) is 24.4. The number of nitrogens with zero attached hydrogens (tertiary/aromatic N) is 1. The highest BCUT2D eigenvalue weighted by Crippen LogP contribution is 2.31. The standard InChI is InChI=1S/C23H20F3N3O5/c1-32-19-10-14(22(31)29-17-7-9-21(33-2)27-12-17)6-8-18(19)34-13-20(30)28-16-5-3-4-15(11-16)23(24,25)26/h3-12H,13H2,1-2H3,(H,28,30)(H,29,31). The molecule has 0 saturated carbocycles. The predicted octanol–water partition coefficient (Wildman–Crippen LogP) is 4.39. The van der Waals surface area contributed by atoms with Crippen molar-refractivity contribution in [1.29, 1.82) is 0 Å². The van der Waals surface area contributed by atoms with Crippen LogP contribution in [0.5, 0.6) is 17.4 Å². The second-order valence-corrected chi connectivity index (χ2v) is 6.82. The van der Waals surface area contributed by atoms with E-state index in [1.54, 1.807) is 12.1 Å². The van der Waals surface area contributed by atoms with Gasteiger partial charge >= 0.3 is 6.18 Å². The normalized spacial score (nSPS) is 10.9. The molecule has 0 fully saturated rings. The van der Waals surface area contributed by atoms with Crippen LogP contribution < -0.4 is 24.8 Å². The average Bonchev–Trinajstić information content (AvgIpc) is 2.82. The number of benzene rings is 2. The zero-order chi connectivity index (χ0) is 24.7. The Kier molecular flexibility index (Phi) is 7.57. The third-order valence-corrected chi connectivity index (χ3v) is 4.46. The summed E-state index contributed by atoms with van der Waals surface area (Å²) >= 11 is 0. The number of nitrogens with one attached hydrogen (secondary N) is 2. The molecule has 1 heterocycles. The lowest BCUT2D eigenvalue weighted by atomic mass is 10.2. The van der Waals surface area contributed by atoms with E-state index in [-0.39, 0.29) is 22.7 Å². The highest BCUT2D eigenvalue weighted by atomic mass is 19.4. The summed E-state index contributed by atoms with van der Waals surface area (Å²) in [6.45, 7) is -0.490. The van der Waals surface area contributed by atoms with Gasteiger partial charge in [0, 0.05) is 17.3 Å². The molecule has 34 heavy (non-hydrogen) atoms. The van der Waals surface area contributed by atoms with Crippen molar-refractivity contribution < 1.29 is 37.0 Å². The molecule has 11 heteroatoms. The summed E-state index contributed by atoms with van der Waals surface area (Å²) < 4.78 is 54.1. The Morgan fingerprint density at radius 1 is 0.912 bits per heavy atom. The van der Waals surface area contributed by atoms with Crippen LogP contribution in [0.4, 0.5) is 24.5 Å². The summed E-state index contributed by atoms with van der Waals surface area (Å²) in [6.07, 6.45) is -3.09. The maximum Gasteiger partial charge on any atom is 0.416 e. The van der Waals surface area contributed by atoms with E-state index in [9.17, 15) is 22.8 Å². The minimum atomic E-state index is -4.53. The minimum Gasteiger partial charge on any atom is -0.493 e. The van der Waals surface area contributed by atoms with Crippen molar-refractivity contribution in [3.8, 4) is 17.4 Å². The number of ether oxygens (including phenoxy) is 3. The molecule has 0 unspecified atom stereocenters. The lowest BCUT2D eigenvalue weighted by Gasteiger charge is -2.13. The van der Waals surface area contributed by atoms with Gasteiger partial charge in [0.15, 0.2) is 18.1 Å². The molecular formula is C23H20F3N3O5. The molecule has 0 radical (unpaired) electrons. The van der Waals surface area contributed by atoms with Gasteiger partial charge in [0.1, 0.15) is 0 Å². The number of aromatic nitrogens is 1. The number of alkyl halides is 3. The molecule has 0 atom stereocenters. The number of amides is 2. The fourth-order valence-corrected chi connectivity index (χ4v) is 2.82. The van der Waals surface area contributed by atoms with E-state index >= 15 is 0 Å². The minimum absolute atomic E-state index is 0.0181. The van der Waals surface area contributed by atoms with Crippen molar-refractivity contribution >= 4 is 23.2 Å². The van der Waals surface area contributed by atoms with E-state index in [1.165, 1.54) is 50.7 Å². The van der Waals surface area contributed by atoms with Crippen molar-refractivity contribution in [2.75, 3.05) is 31.5 Å². The number of hydrogen-bond donors (Lipinski definition) is 2. The first-order chi connectivity index (χ1) is 16.2. The van der Waals surface area contributed by atoms with Crippen LogP contribution in [0.3, 0.4) is 0 Å². The lowest BCUT2D eigenvalue weighted by molar-refractivity contribution is -0.137. The highest BCUT2D eigenvalue weighted by Gasteiger charge is 2.30.